The number of hydrogen-bond acceptors (Lipinski definition) is 3. The maximum absolute atomic E-state index is 12.5. The summed E-state index contributed by atoms with van der Waals surface area (Å²) in [5.41, 5.74) is 5.49. The Labute approximate surface area is 143 Å². The summed E-state index contributed by atoms with van der Waals surface area (Å²) in [4.78, 5) is 16.9. The summed E-state index contributed by atoms with van der Waals surface area (Å²) in [5.74, 6) is 0.869. The highest BCUT2D eigenvalue weighted by molar-refractivity contribution is 5.86. The number of rotatable bonds is 8. The number of piperidine rings is 1. The van der Waals surface area contributed by atoms with Crippen LogP contribution in [0.15, 0.2) is 0 Å². The van der Waals surface area contributed by atoms with Gasteiger partial charge in [0.05, 0.1) is 5.54 Å². The van der Waals surface area contributed by atoms with Crippen LogP contribution in [0.5, 0.6) is 0 Å². The molecule has 1 heterocycles. The van der Waals surface area contributed by atoms with Crippen LogP contribution in [-0.4, -0.2) is 54.5 Å². The molecule has 2 N–H and O–H groups in total. The Bertz CT molecular complexity index is 315. The van der Waals surface area contributed by atoms with Crippen LogP contribution in [0.4, 0.5) is 0 Å². The van der Waals surface area contributed by atoms with Gasteiger partial charge in [-0.2, -0.15) is 0 Å². The molecule has 0 aromatic carbocycles. The summed E-state index contributed by atoms with van der Waals surface area (Å²) in [7, 11) is 2.21. The zero-order chi connectivity index (χ0) is 15.9. The van der Waals surface area contributed by atoms with Gasteiger partial charge in [0.1, 0.15) is 0 Å². The van der Waals surface area contributed by atoms with Gasteiger partial charge in [0.2, 0.25) is 5.91 Å². The highest BCUT2D eigenvalue weighted by Gasteiger charge is 2.33. The van der Waals surface area contributed by atoms with Gasteiger partial charge in [0, 0.05) is 19.6 Å². The van der Waals surface area contributed by atoms with Crippen molar-refractivity contribution < 1.29 is 4.79 Å². The molecule has 1 rings (SSSR count). The van der Waals surface area contributed by atoms with Gasteiger partial charge in [-0.1, -0.05) is 26.7 Å². The van der Waals surface area contributed by atoms with Crippen LogP contribution in [0.2, 0.25) is 0 Å². The molecule has 1 aliphatic rings. The number of nitrogens with two attached hydrogens (primary N) is 1. The molecule has 0 spiro atoms. The topological polar surface area (TPSA) is 49.6 Å². The summed E-state index contributed by atoms with van der Waals surface area (Å²) in [6.45, 7) is 10.3. The third kappa shape index (κ3) is 6.84. The first-order chi connectivity index (χ1) is 9.90. The molecule has 0 radical (unpaired) electrons. The monoisotopic (exact) mass is 333 g/mol. The van der Waals surface area contributed by atoms with Crippen molar-refractivity contribution in [3.05, 3.63) is 0 Å². The fourth-order valence-electron chi connectivity index (χ4n) is 3.27. The fourth-order valence-corrected chi connectivity index (χ4v) is 3.27. The second kappa shape index (κ2) is 10.5. The van der Waals surface area contributed by atoms with Gasteiger partial charge in [-0.25, -0.2) is 0 Å². The summed E-state index contributed by atoms with van der Waals surface area (Å²) < 4.78 is 0. The van der Waals surface area contributed by atoms with Crippen molar-refractivity contribution in [2.75, 3.05) is 33.2 Å². The lowest BCUT2D eigenvalue weighted by Gasteiger charge is -2.37. The molecular weight excluding hydrogens is 298 g/mol. The van der Waals surface area contributed by atoms with Crippen LogP contribution < -0.4 is 5.73 Å². The van der Waals surface area contributed by atoms with Crippen LogP contribution in [0.25, 0.3) is 0 Å². The Morgan fingerprint density at radius 3 is 2.36 bits per heavy atom. The molecule has 22 heavy (non-hydrogen) atoms. The minimum Gasteiger partial charge on any atom is -0.341 e. The number of amides is 1. The molecular formula is C17H36ClN3O. The van der Waals surface area contributed by atoms with Crippen molar-refractivity contribution in [3.8, 4) is 0 Å². The summed E-state index contributed by atoms with van der Waals surface area (Å²) in [5, 5.41) is 0. The average Bonchev–Trinajstić information content (AvgIpc) is 2.45. The molecule has 1 amide bonds. The number of likely N-dealkylation sites (tertiary alicyclic amines) is 1. The van der Waals surface area contributed by atoms with E-state index in [0.29, 0.717) is 0 Å². The standard InChI is InChI=1S/C17H35N3O.ClH/c1-5-7-11-19(4)14-15-8-12-20(13-9-15)16(21)17(3,18)10-6-2;/h15H,5-14,18H2,1-4H3;1H. The lowest BCUT2D eigenvalue weighted by Crippen LogP contribution is -2.55. The quantitative estimate of drug-likeness (QED) is 0.743. The van der Waals surface area contributed by atoms with Crippen LogP contribution in [0.3, 0.4) is 0 Å². The van der Waals surface area contributed by atoms with Crippen molar-refractivity contribution in [1.82, 2.24) is 9.80 Å². The number of unbranched alkanes of at least 4 members (excludes halogenated alkanes) is 1. The van der Waals surface area contributed by atoms with E-state index in [1.807, 2.05) is 11.8 Å². The number of nitrogens with zero attached hydrogens (tertiary/aromatic N) is 2. The molecule has 5 heteroatoms. The molecule has 0 aromatic rings. The summed E-state index contributed by atoms with van der Waals surface area (Å²) in [6.07, 6.45) is 6.48. The van der Waals surface area contributed by atoms with Crippen molar-refractivity contribution in [2.45, 2.75) is 64.8 Å². The lowest BCUT2D eigenvalue weighted by atomic mass is 9.91. The Morgan fingerprint density at radius 2 is 1.86 bits per heavy atom. The zero-order valence-electron chi connectivity index (χ0n) is 14.9. The number of hydrogen-bond donors (Lipinski definition) is 1. The van der Waals surface area contributed by atoms with E-state index in [-0.39, 0.29) is 18.3 Å². The van der Waals surface area contributed by atoms with Gasteiger partial charge in [-0.05, 0) is 52.1 Å². The molecule has 4 nitrogen and oxygen atoms in total. The van der Waals surface area contributed by atoms with Gasteiger partial charge >= 0.3 is 0 Å². The maximum Gasteiger partial charge on any atom is 0.242 e. The first-order valence-electron chi connectivity index (χ1n) is 8.67. The highest BCUT2D eigenvalue weighted by atomic mass is 35.5. The van der Waals surface area contributed by atoms with Gasteiger partial charge in [0.15, 0.2) is 0 Å². The Balaban J connectivity index is 0.00000441. The van der Waals surface area contributed by atoms with E-state index in [1.165, 1.54) is 19.4 Å². The minimum absolute atomic E-state index is 0. The van der Waals surface area contributed by atoms with Gasteiger partial charge < -0.3 is 15.5 Å². The molecule has 0 bridgehead atoms. The second-order valence-electron chi connectivity index (χ2n) is 7.02. The van der Waals surface area contributed by atoms with Gasteiger partial charge in [0.25, 0.3) is 0 Å². The Kier molecular flexibility index (Phi) is 10.3. The van der Waals surface area contributed by atoms with Crippen LogP contribution in [0.1, 0.15) is 59.3 Å². The first-order valence-corrected chi connectivity index (χ1v) is 8.67. The SMILES string of the molecule is CCCCN(C)CC1CCN(C(=O)C(C)(N)CCC)CC1.Cl. The third-order valence-corrected chi connectivity index (χ3v) is 4.62. The van der Waals surface area contributed by atoms with Crippen LogP contribution >= 0.6 is 12.4 Å². The lowest BCUT2D eigenvalue weighted by molar-refractivity contribution is -0.138. The zero-order valence-corrected chi connectivity index (χ0v) is 15.8. The summed E-state index contributed by atoms with van der Waals surface area (Å²) >= 11 is 0. The second-order valence-corrected chi connectivity index (χ2v) is 7.02. The molecule has 1 atom stereocenters. The van der Waals surface area contributed by atoms with E-state index >= 15 is 0 Å². The Morgan fingerprint density at radius 1 is 1.27 bits per heavy atom. The molecule has 0 saturated carbocycles. The molecule has 1 aliphatic heterocycles. The van der Waals surface area contributed by atoms with Crippen LogP contribution in [-0.2, 0) is 4.79 Å². The summed E-state index contributed by atoms with van der Waals surface area (Å²) in [6, 6.07) is 0. The molecule has 1 fully saturated rings. The van der Waals surface area contributed by atoms with E-state index in [1.54, 1.807) is 0 Å². The minimum atomic E-state index is -0.681. The van der Waals surface area contributed by atoms with Gasteiger partial charge in [-0.15, -0.1) is 12.4 Å². The van der Waals surface area contributed by atoms with E-state index in [0.717, 1.165) is 51.2 Å². The largest absolute Gasteiger partial charge is 0.341 e. The van der Waals surface area contributed by atoms with E-state index in [2.05, 4.69) is 25.8 Å². The van der Waals surface area contributed by atoms with Crippen molar-refractivity contribution >= 4 is 18.3 Å². The predicted octanol–water partition coefficient (Wildman–Crippen LogP) is 2.90. The smallest absolute Gasteiger partial charge is 0.242 e. The Hall–Kier alpha value is -0.320. The first kappa shape index (κ1) is 21.7. The van der Waals surface area contributed by atoms with Crippen molar-refractivity contribution in [2.24, 2.45) is 11.7 Å². The maximum atomic E-state index is 12.5. The fraction of sp³-hybridized carbons (Fsp3) is 0.941. The number of carbonyl (C=O) groups is 1. The molecule has 0 aliphatic carbocycles. The highest BCUT2D eigenvalue weighted by Crippen LogP contribution is 2.21. The van der Waals surface area contributed by atoms with Gasteiger partial charge in [-0.3, -0.25) is 4.79 Å². The van der Waals surface area contributed by atoms with E-state index in [9.17, 15) is 4.79 Å². The average molecular weight is 334 g/mol. The predicted molar refractivity (Wildman–Crippen MR) is 96.5 cm³/mol. The van der Waals surface area contributed by atoms with E-state index in [4.69, 9.17) is 5.73 Å². The van der Waals surface area contributed by atoms with Crippen molar-refractivity contribution in [1.29, 1.82) is 0 Å². The third-order valence-electron chi connectivity index (χ3n) is 4.62. The normalized spacial score (nSPS) is 18.9. The molecule has 0 aromatic heterocycles. The number of halogens is 1. The molecule has 1 saturated heterocycles. The van der Waals surface area contributed by atoms with Crippen LogP contribution in [0, 0.1) is 5.92 Å². The number of carbonyl (C=O) groups excluding carboxylic acids is 1. The van der Waals surface area contributed by atoms with Crippen molar-refractivity contribution in [3.63, 3.8) is 0 Å². The molecule has 132 valence electrons. The van der Waals surface area contributed by atoms with E-state index < -0.39 is 5.54 Å². The molecule has 1 unspecified atom stereocenters.